The molecule has 0 spiro atoms. The van der Waals surface area contributed by atoms with E-state index in [4.69, 9.17) is 11.0 Å². The number of hydrogen-bond acceptors (Lipinski definition) is 4. The van der Waals surface area contributed by atoms with Gasteiger partial charge in [-0.1, -0.05) is 6.42 Å². The van der Waals surface area contributed by atoms with E-state index >= 15 is 0 Å². The highest BCUT2D eigenvalue weighted by Gasteiger charge is 2.21. The Kier molecular flexibility index (Phi) is 3.48. The first-order valence-electron chi connectivity index (χ1n) is 6.15. The molecule has 1 saturated carbocycles. The van der Waals surface area contributed by atoms with Gasteiger partial charge in [-0.05, 0) is 31.7 Å². The van der Waals surface area contributed by atoms with Crippen LogP contribution in [-0.2, 0) is 0 Å². The van der Waals surface area contributed by atoms with E-state index in [1.54, 1.807) is 12.3 Å². The van der Waals surface area contributed by atoms with Gasteiger partial charge in [0.25, 0.3) is 0 Å². The highest BCUT2D eigenvalue weighted by atomic mass is 15.2. The Bertz CT molecular complexity index is 432. The average Bonchev–Trinajstić information content (AvgIpc) is 2.29. The predicted octanol–water partition coefficient (Wildman–Crippen LogP) is 2.16. The Labute approximate surface area is 102 Å². The Balaban J connectivity index is 2.15. The van der Waals surface area contributed by atoms with E-state index < -0.39 is 0 Å². The molecule has 0 unspecified atom stereocenters. The van der Waals surface area contributed by atoms with Crippen LogP contribution in [0.2, 0.25) is 0 Å². The monoisotopic (exact) mass is 230 g/mol. The second-order valence-electron chi connectivity index (χ2n) is 4.58. The van der Waals surface area contributed by atoms with Gasteiger partial charge in [0.15, 0.2) is 5.82 Å². The maximum absolute atomic E-state index is 8.78. The van der Waals surface area contributed by atoms with E-state index in [1.807, 2.05) is 0 Å². The number of rotatable bonds is 4. The molecule has 0 amide bonds. The van der Waals surface area contributed by atoms with Crippen molar-refractivity contribution in [3.63, 3.8) is 0 Å². The largest absolute Gasteiger partial charge is 0.396 e. The SMILES string of the molecule is CCN(CC1CCC1)c1ncc(C#N)cc1N. The lowest BCUT2D eigenvalue weighted by atomic mass is 9.85. The van der Waals surface area contributed by atoms with Gasteiger partial charge >= 0.3 is 0 Å². The standard InChI is InChI=1S/C13H18N4/c1-2-17(9-10-4-3-5-10)13-12(15)6-11(7-14)8-16-13/h6,8,10H,2-5,9,15H2,1H3. The van der Waals surface area contributed by atoms with Gasteiger partial charge in [0.05, 0.1) is 11.3 Å². The lowest BCUT2D eigenvalue weighted by Gasteiger charge is -2.32. The van der Waals surface area contributed by atoms with Crippen molar-refractivity contribution in [1.82, 2.24) is 4.98 Å². The lowest BCUT2D eigenvalue weighted by molar-refractivity contribution is 0.318. The third-order valence-corrected chi connectivity index (χ3v) is 3.41. The zero-order valence-corrected chi connectivity index (χ0v) is 10.2. The van der Waals surface area contributed by atoms with Gasteiger partial charge in [0.2, 0.25) is 0 Å². The molecule has 0 atom stereocenters. The van der Waals surface area contributed by atoms with Crippen molar-refractivity contribution < 1.29 is 0 Å². The second kappa shape index (κ2) is 5.05. The summed E-state index contributed by atoms with van der Waals surface area (Å²) in [5.41, 5.74) is 7.07. The van der Waals surface area contributed by atoms with Gasteiger partial charge < -0.3 is 10.6 Å². The van der Waals surface area contributed by atoms with E-state index in [0.29, 0.717) is 11.3 Å². The Morgan fingerprint density at radius 3 is 2.82 bits per heavy atom. The third-order valence-electron chi connectivity index (χ3n) is 3.41. The molecular weight excluding hydrogens is 212 g/mol. The van der Waals surface area contributed by atoms with Gasteiger partial charge in [-0.15, -0.1) is 0 Å². The van der Waals surface area contributed by atoms with Crippen molar-refractivity contribution in [3.8, 4) is 6.07 Å². The van der Waals surface area contributed by atoms with Crippen LogP contribution >= 0.6 is 0 Å². The number of pyridine rings is 1. The van der Waals surface area contributed by atoms with Gasteiger partial charge in [-0.25, -0.2) is 4.98 Å². The smallest absolute Gasteiger partial charge is 0.151 e. The zero-order valence-electron chi connectivity index (χ0n) is 10.2. The molecule has 0 aromatic carbocycles. The van der Waals surface area contributed by atoms with E-state index in [2.05, 4.69) is 22.9 Å². The molecule has 0 radical (unpaired) electrons. The quantitative estimate of drug-likeness (QED) is 0.860. The molecule has 0 saturated heterocycles. The number of hydrogen-bond donors (Lipinski definition) is 1. The van der Waals surface area contributed by atoms with Crippen LogP contribution in [0.25, 0.3) is 0 Å². The molecular formula is C13H18N4. The minimum Gasteiger partial charge on any atom is -0.396 e. The summed E-state index contributed by atoms with van der Waals surface area (Å²) in [4.78, 5) is 6.52. The van der Waals surface area contributed by atoms with Crippen LogP contribution < -0.4 is 10.6 Å². The van der Waals surface area contributed by atoms with Crippen molar-refractivity contribution in [1.29, 1.82) is 5.26 Å². The molecule has 2 N–H and O–H groups in total. The molecule has 90 valence electrons. The highest BCUT2D eigenvalue weighted by Crippen LogP contribution is 2.30. The summed E-state index contributed by atoms with van der Waals surface area (Å²) >= 11 is 0. The Morgan fingerprint density at radius 1 is 1.59 bits per heavy atom. The fourth-order valence-corrected chi connectivity index (χ4v) is 2.15. The van der Waals surface area contributed by atoms with Crippen molar-refractivity contribution in [3.05, 3.63) is 17.8 Å². The van der Waals surface area contributed by atoms with Gasteiger partial charge in [-0.2, -0.15) is 5.26 Å². The van der Waals surface area contributed by atoms with Crippen LogP contribution in [0.5, 0.6) is 0 Å². The molecule has 1 aliphatic rings. The number of anilines is 2. The van der Waals surface area contributed by atoms with Crippen LogP contribution in [-0.4, -0.2) is 18.1 Å². The summed E-state index contributed by atoms with van der Waals surface area (Å²) in [6.07, 6.45) is 5.56. The normalized spacial score (nSPS) is 15.1. The summed E-state index contributed by atoms with van der Waals surface area (Å²) in [6, 6.07) is 3.75. The van der Waals surface area contributed by atoms with E-state index in [-0.39, 0.29) is 0 Å². The van der Waals surface area contributed by atoms with Crippen LogP contribution in [0.1, 0.15) is 31.7 Å². The van der Waals surface area contributed by atoms with Crippen LogP contribution in [0.4, 0.5) is 11.5 Å². The number of nitrogen functional groups attached to an aromatic ring is 1. The fraction of sp³-hybridized carbons (Fsp3) is 0.538. The third kappa shape index (κ3) is 2.50. The van der Waals surface area contributed by atoms with E-state index in [9.17, 15) is 0 Å². The van der Waals surface area contributed by atoms with E-state index in [1.165, 1.54) is 19.3 Å². The van der Waals surface area contributed by atoms with Crippen molar-refractivity contribution in [2.45, 2.75) is 26.2 Å². The maximum Gasteiger partial charge on any atom is 0.151 e. The highest BCUT2D eigenvalue weighted by molar-refractivity contribution is 5.64. The molecule has 0 aliphatic heterocycles. The fourth-order valence-electron chi connectivity index (χ4n) is 2.15. The molecule has 1 fully saturated rings. The molecule has 1 aromatic rings. The Morgan fingerprint density at radius 2 is 2.35 bits per heavy atom. The topological polar surface area (TPSA) is 65.9 Å². The number of nitrogens with two attached hydrogens (primary N) is 1. The minimum absolute atomic E-state index is 0.519. The number of aromatic nitrogens is 1. The van der Waals surface area contributed by atoms with Gasteiger partial charge in [0, 0.05) is 19.3 Å². The van der Waals surface area contributed by atoms with Gasteiger partial charge in [-0.3, -0.25) is 0 Å². The minimum atomic E-state index is 0.519. The number of nitriles is 1. The molecule has 1 aliphatic carbocycles. The Hall–Kier alpha value is -1.76. The maximum atomic E-state index is 8.78. The average molecular weight is 230 g/mol. The summed E-state index contributed by atoms with van der Waals surface area (Å²) in [5, 5.41) is 8.78. The van der Waals surface area contributed by atoms with Crippen molar-refractivity contribution in [2.24, 2.45) is 5.92 Å². The molecule has 2 rings (SSSR count). The first kappa shape index (κ1) is 11.7. The van der Waals surface area contributed by atoms with E-state index in [0.717, 1.165) is 24.8 Å². The first-order chi connectivity index (χ1) is 8.24. The van der Waals surface area contributed by atoms with Crippen molar-refractivity contribution >= 4 is 11.5 Å². The van der Waals surface area contributed by atoms with Crippen LogP contribution in [0.15, 0.2) is 12.3 Å². The molecule has 1 aromatic heterocycles. The summed E-state index contributed by atoms with van der Waals surface area (Å²) < 4.78 is 0. The summed E-state index contributed by atoms with van der Waals surface area (Å²) in [6.45, 7) is 4.04. The second-order valence-corrected chi connectivity index (χ2v) is 4.58. The van der Waals surface area contributed by atoms with Gasteiger partial charge in [0.1, 0.15) is 6.07 Å². The van der Waals surface area contributed by atoms with Crippen molar-refractivity contribution in [2.75, 3.05) is 23.7 Å². The summed E-state index contributed by atoms with van der Waals surface area (Å²) in [7, 11) is 0. The zero-order chi connectivity index (χ0) is 12.3. The van der Waals surface area contributed by atoms with Crippen LogP contribution in [0.3, 0.4) is 0 Å². The summed E-state index contributed by atoms with van der Waals surface area (Å²) in [5.74, 6) is 1.60. The molecule has 17 heavy (non-hydrogen) atoms. The number of nitrogens with zero attached hydrogens (tertiary/aromatic N) is 3. The molecule has 0 bridgehead atoms. The molecule has 1 heterocycles. The first-order valence-corrected chi connectivity index (χ1v) is 6.15. The van der Waals surface area contributed by atoms with Crippen LogP contribution in [0, 0.1) is 17.2 Å². The predicted molar refractivity (Wildman–Crippen MR) is 68.6 cm³/mol. The molecule has 4 heteroatoms. The molecule has 4 nitrogen and oxygen atoms in total. The lowest BCUT2D eigenvalue weighted by Crippen LogP contribution is -2.33.